The molecule has 2 aromatic rings. The van der Waals surface area contributed by atoms with Crippen molar-refractivity contribution in [2.45, 2.75) is 37.0 Å². The lowest BCUT2D eigenvalue weighted by Gasteiger charge is -2.19. The molecule has 1 unspecified atom stereocenters. The minimum Gasteiger partial charge on any atom is -0.396 e. The molecule has 0 aromatic carbocycles. The number of nitrogen functional groups attached to an aromatic ring is 1. The Kier molecular flexibility index (Phi) is 6.74. The largest absolute Gasteiger partial charge is 0.396 e. The van der Waals surface area contributed by atoms with Gasteiger partial charge in [0.2, 0.25) is 5.95 Å². The van der Waals surface area contributed by atoms with E-state index in [0.717, 1.165) is 17.0 Å². The number of halogens is 1. The van der Waals surface area contributed by atoms with Gasteiger partial charge in [-0.25, -0.2) is 0 Å². The van der Waals surface area contributed by atoms with Crippen molar-refractivity contribution in [3.63, 3.8) is 0 Å². The summed E-state index contributed by atoms with van der Waals surface area (Å²) in [5.74, 6) is 5.81. The molecule has 1 fully saturated rings. The molecule has 4 rings (SSSR count). The summed E-state index contributed by atoms with van der Waals surface area (Å²) in [6.45, 7) is 1.65. The highest BCUT2D eigenvalue weighted by molar-refractivity contribution is 8.02. The Hall–Kier alpha value is -2.55. The van der Waals surface area contributed by atoms with Crippen LogP contribution in [-0.2, 0) is 0 Å². The SMILES string of the molecule is Cc1nc(C2NC=CS2)ccc1C#Cc1c(Cl)nc(N)nc1N[C@@H]1C[C@H](CO)[C@@H](O)[C@H]1O. The molecule has 2 aromatic heterocycles. The van der Waals surface area contributed by atoms with Crippen LogP contribution in [0.4, 0.5) is 11.8 Å². The number of anilines is 2. The van der Waals surface area contributed by atoms with Crippen LogP contribution in [0.2, 0.25) is 5.15 Å². The van der Waals surface area contributed by atoms with Gasteiger partial charge in [0.05, 0.1) is 23.5 Å². The van der Waals surface area contributed by atoms with E-state index in [2.05, 4.69) is 37.4 Å². The van der Waals surface area contributed by atoms with E-state index < -0.39 is 24.2 Å². The number of thioether (sulfide) groups is 1. The van der Waals surface area contributed by atoms with Crippen molar-refractivity contribution >= 4 is 35.1 Å². The lowest BCUT2D eigenvalue weighted by Crippen LogP contribution is -2.35. The van der Waals surface area contributed by atoms with Crippen molar-refractivity contribution < 1.29 is 15.3 Å². The average molecular weight is 475 g/mol. The number of hydrogen-bond donors (Lipinski definition) is 6. The summed E-state index contributed by atoms with van der Waals surface area (Å²) in [5, 5.41) is 38.2. The number of hydrogen-bond acceptors (Lipinski definition) is 10. The first-order valence-corrected chi connectivity index (χ1v) is 11.3. The number of pyridine rings is 1. The van der Waals surface area contributed by atoms with Crippen molar-refractivity contribution in [3.05, 3.63) is 51.4 Å². The first-order valence-electron chi connectivity index (χ1n) is 10.00. The predicted molar refractivity (Wildman–Crippen MR) is 124 cm³/mol. The van der Waals surface area contributed by atoms with E-state index >= 15 is 0 Å². The molecule has 0 radical (unpaired) electrons. The molecule has 2 aliphatic rings. The van der Waals surface area contributed by atoms with E-state index in [9.17, 15) is 15.3 Å². The van der Waals surface area contributed by atoms with Gasteiger partial charge in [-0.2, -0.15) is 9.97 Å². The third-order valence-electron chi connectivity index (χ3n) is 5.47. The summed E-state index contributed by atoms with van der Waals surface area (Å²) in [6.07, 6.45) is 0.107. The van der Waals surface area contributed by atoms with Gasteiger partial charge in [-0.3, -0.25) is 4.98 Å². The standard InChI is InChI=1S/C21H23ClN6O3S/c1-10-11(3-5-14(25-10)20-24-6-7-32-20)2-4-13-18(22)27-21(23)28-19(13)26-15-8-12(9-29)16(30)17(15)31/h3,5-7,12,15-17,20,24,29-31H,8-9H2,1H3,(H3,23,26,27,28)/t12-,15-,16-,17+,20?/m1/s1. The number of aromatic nitrogens is 3. The molecule has 0 bridgehead atoms. The van der Waals surface area contributed by atoms with Crippen molar-refractivity contribution in [1.29, 1.82) is 0 Å². The van der Waals surface area contributed by atoms with Gasteiger partial charge in [0.25, 0.3) is 0 Å². The molecule has 9 nitrogen and oxygen atoms in total. The molecule has 168 valence electrons. The zero-order valence-corrected chi connectivity index (χ0v) is 18.7. The summed E-state index contributed by atoms with van der Waals surface area (Å²) in [5.41, 5.74) is 8.47. The van der Waals surface area contributed by atoms with E-state index in [1.165, 1.54) is 0 Å². The van der Waals surface area contributed by atoms with Crippen LogP contribution < -0.4 is 16.4 Å². The lowest BCUT2D eigenvalue weighted by atomic mass is 10.1. The summed E-state index contributed by atoms with van der Waals surface area (Å²) >= 11 is 7.94. The fourth-order valence-electron chi connectivity index (χ4n) is 3.72. The first kappa shape index (κ1) is 22.6. The van der Waals surface area contributed by atoms with Crippen LogP contribution in [-0.4, -0.2) is 55.1 Å². The number of nitrogens with one attached hydrogen (secondary N) is 2. The minimum atomic E-state index is -1.08. The van der Waals surface area contributed by atoms with Crippen molar-refractivity contribution in [3.8, 4) is 11.8 Å². The molecule has 11 heteroatoms. The van der Waals surface area contributed by atoms with Crippen molar-refractivity contribution in [2.75, 3.05) is 17.7 Å². The zero-order chi connectivity index (χ0) is 22.8. The Balaban J connectivity index is 1.61. The molecule has 0 spiro atoms. The molecule has 1 aliphatic heterocycles. The summed E-state index contributed by atoms with van der Waals surface area (Å²) in [7, 11) is 0. The Bertz CT molecular complexity index is 1100. The van der Waals surface area contributed by atoms with Gasteiger partial charge in [-0.15, -0.1) is 11.8 Å². The van der Waals surface area contributed by atoms with Gasteiger partial charge in [-0.1, -0.05) is 23.4 Å². The number of aryl methyl sites for hydroxylation is 1. The average Bonchev–Trinajstić information content (AvgIpc) is 3.38. The molecule has 1 saturated carbocycles. The summed E-state index contributed by atoms with van der Waals surface area (Å²) in [4.78, 5) is 12.8. The number of aliphatic hydroxyl groups is 3. The monoisotopic (exact) mass is 474 g/mol. The summed E-state index contributed by atoms with van der Waals surface area (Å²) < 4.78 is 0. The first-order chi connectivity index (χ1) is 15.4. The van der Waals surface area contributed by atoms with E-state index in [4.69, 9.17) is 17.3 Å². The molecule has 0 amide bonds. The maximum Gasteiger partial charge on any atom is 0.223 e. The molecule has 32 heavy (non-hydrogen) atoms. The predicted octanol–water partition coefficient (Wildman–Crippen LogP) is 1.14. The third-order valence-corrected chi connectivity index (χ3v) is 6.69. The molecular weight excluding hydrogens is 452 g/mol. The van der Waals surface area contributed by atoms with Gasteiger partial charge >= 0.3 is 0 Å². The van der Waals surface area contributed by atoms with Crippen molar-refractivity contribution in [1.82, 2.24) is 20.3 Å². The van der Waals surface area contributed by atoms with Gasteiger partial charge in [0.1, 0.15) is 22.9 Å². The second-order valence-electron chi connectivity index (χ2n) is 7.61. The maximum atomic E-state index is 10.3. The quantitative estimate of drug-likeness (QED) is 0.281. The highest BCUT2D eigenvalue weighted by atomic mass is 35.5. The highest BCUT2D eigenvalue weighted by Gasteiger charge is 2.41. The minimum absolute atomic E-state index is 0.0489. The number of rotatable bonds is 4. The van der Waals surface area contributed by atoms with Gasteiger partial charge < -0.3 is 31.7 Å². The fraction of sp³-hybridized carbons (Fsp3) is 0.381. The Morgan fingerprint density at radius 2 is 2.06 bits per heavy atom. The van der Waals surface area contributed by atoms with Gasteiger partial charge in [0.15, 0.2) is 5.15 Å². The summed E-state index contributed by atoms with van der Waals surface area (Å²) in [6, 6.07) is 3.26. The zero-order valence-electron chi connectivity index (χ0n) is 17.2. The van der Waals surface area contributed by atoms with Crippen molar-refractivity contribution in [2.24, 2.45) is 5.92 Å². The van der Waals surface area contributed by atoms with Crippen LogP contribution in [0, 0.1) is 24.7 Å². The van der Waals surface area contributed by atoms with Crippen LogP contribution in [0.5, 0.6) is 0 Å². The van der Waals surface area contributed by atoms with Gasteiger partial charge in [0, 0.05) is 24.3 Å². The molecule has 7 N–H and O–H groups in total. The smallest absolute Gasteiger partial charge is 0.223 e. The Morgan fingerprint density at radius 3 is 2.72 bits per heavy atom. The van der Waals surface area contributed by atoms with Crippen LogP contribution in [0.1, 0.15) is 34.3 Å². The Labute approximate surface area is 194 Å². The van der Waals surface area contributed by atoms with Crippen LogP contribution in [0.3, 0.4) is 0 Å². The number of nitrogens with zero attached hydrogens (tertiary/aromatic N) is 3. The molecule has 0 saturated heterocycles. The van der Waals surface area contributed by atoms with Crippen LogP contribution in [0.15, 0.2) is 23.7 Å². The Morgan fingerprint density at radius 1 is 1.25 bits per heavy atom. The molecular formula is C21H23ClN6O3S. The normalized spacial score (nSPS) is 26.5. The second kappa shape index (κ2) is 9.52. The molecule has 1 aliphatic carbocycles. The van der Waals surface area contributed by atoms with E-state index in [-0.39, 0.29) is 28.9 Å². The van der Waals surface area contributed by atoms with Crippen LogP contribution in [0.25, 0.3) is 0 Å². The van der Waals surface area contributed by atoms with Crippen LogP contribution >= 0.6 is 23.4 Å². The number of nitrogens with two attached hydrogens (primary N) is 1. The van der Waals surface area contributed by atoms with E-state index in [1.807, 2.05) is 30.7 Å². The molecule has 5 atom stereocenters. The maximum absolute atomic E-state index is 10.3. The van der Waals surface area contributed by atoms with E-state index in [0.29, 0.717) is 12.0 Å². The third kappa shape index (κ3) is 4.62. The highest BCUT2D eigenvalue weighted by Crippen LogP contribution is 2.31. The number of aliphatic hydroxyl groups excluding tert-OH is 3. The van der Waals surface area contributed by atoms with E-state index in [1.54, 1.807) is 11.8 Å². The topological polar surface area (TPSA) is 149 Å². The van der Waals surface area contributed by atoms with Gasteiger partial charge in [-0.05, 0) is 30.9 Å². The second-order valence-corrected chi connectivity index (χ2v) is 8.98. The lowest BCUT2D eigenvalue weighted by molar-refractivity contribution is 0.00445. The fourth-order valence-corrected chi connectivity index (χ4v) is 4.68. The molecule has 3 heterocycles.